The van der Waals surface area contributed by atoms with Crippen LogP contribution in [0.4, 0.5) is 10.1 Å². The Morgan fingerprint density at radius 2 is 2.43 bits per heavy atom. The molecule has 0 unspecified atom stereocenters. The van der Waals surface area contributed by atoms with E-state index in [0.717, 1.165) is 6.42 Å². The molecule has 76 valence electrons. The standard InChI is InChI=1S/C9H11FN2O2/c10-8-2-1-7(11)9(12-8)14-6-3-4-13-5-6/h1-2,6H,3-5,11H2/t6-/m0/s1. The van der Waals surface area contributed by atoms with Gasteiger partial charge in [-0.25, -0.2) is 0 Å². The van der Waals surface area contributed by atoms with Crippen LogP contribution in [0.25, 0.3) is 0 Å². The number of rotatable bonds is 2. The topological polar surface area (TPSA) is 57.4 Å². The van der Waals surface area contributed by atoms with Crippen molar-refractivity contribution >= 4 is 5.69 Å². The largest absolute Gasteiger partial charge is 0.470 e. The number of nitrogens with zero attached hydrogens (tertiary/aromatic N) is 1. The van der Waals surface area contributed by atoms with Gasteiger partial charge in [0.05, 0.1) is 18.9 Å². The molecule has 1 aliphatic heterocycles. The van der Waals surface area contributed by atoms with Gasteiger partial charge in [0.2, 0.25) is 11.8 Å². The summed E-state index contributed by atoms with van der Waals surface area (Å²) in [7, 11) is 0. The van der Waals surface area contributed by atoms with E-state index in [1.54, 1.807) is 0 Å². The van der Waals surface area contributed by atoms with Gasteiger partial charge in [-0.1, -0.05) is 0 Å². The van der Waals surface area contributed by atoms with Gasteiger partial charge in [0.1, 0.15) is 6.10 Å². The summed E-state index contributed by atoms with van der Waals surface area (Å²) in [4.78, 5) is 3.57. The fourth-order valence-corrected chi connectivity index (χ4v) is 1.29. The number of ether oxygens (including phenoxy) is 2. The monoisotopic (exact) mass is 198 g/mol. The van der Waals surface area contributed by atoms with Gasteiger partial charge < -0.3 is 15.2 Å². The third kappa shape index (κ3) is 1.93. The number of pyridine rings is 1. The van der Waals surface area contributed by atoms with Gasteiger partial charge in [-0.3, -0.25) is 0 Å². The molecule has 0 spiro atoms. The van der Waals surface area contributed by atoms with E-state index in [0.29, 0.717) is 18.9 Å². The number of hydrogen-bond donors (Lipinski definition) is 1. The number of anilines is 1. The molecule has 1 fully saturated rings. The first-order chi connectivity index (χ1) is 6.75. The number of nitrogens with two attached hydrogens (primary N) is 1. The van der Waals surface area contributed by atoms with Gasteiger partial charge in [0.15, 0.2) is 0 Å². The quantitative estimate of drug-likeness (QED) is 0.719. The highest BCUT2D eigenvalue weighted by molar-refractivity contribution is 5.47. The van der Waals surface area contributed by atoms with Crippen molar-refractivity contribution in [1.82, 2.24) is 4.98 Å². The van der Waals surface area contributed by atoms with E-state index in [1.165, 1.54) is 12.1 Å². The van der Waals surface area contributed by atoms with E-state index in [4.69, 9.17) is 15.2 Å². The Bertz CT molecular complexity index is 327. The Hall–Kier alpha value is -1.36. The second-order valence-corrected chi connectivity index (χ2v) is 3.13. The summed E-state index contributed by atoms with van der Waals surface area (Å²) in [5.41, 5.74) is 5.92. The highest BCUT2D eigenvalue weighted by atomic mass is 19.1. The average Bonchev–Trinajstić information content (AvgIpc) is 2.64. The van der Waals surface area contributed by atoms with Gasteiger partial charge in [0, 0.05) is 6.42 Å². The van der Waals surface area contributed by atoms with Crippen LogP contribution in [0.2, 0.25) is 0 Å². The molecule has 0 aromatic carbocycles. The van der Waals surface area contributed by atoms with Crippen LogP contribution in [0.5, 0.6) is 5.88 Å². The minimum absolute atomic E-state index is 0.0633. The third-order valence-electron chi connectivity index (χ3n) is 2.02. The molecule has 0 bridgehead atoms. The second-order valence-electron chi connectivity index (χ2n) is 3.13. The van der Waals surface area contributed by atoms with Crippen LogP contribution in [0.3, 0.4) is 0 Å². The van der Waals surface area contributed by atoms with Crippen LogP contribution in [0.15, 0.2) is 12.1 Å². The van der Waals surface area contributed by atoms with Crippen molar-refractivity contribution in [2.24, 2.45) is 0 Å². The smallest absolute Gasteiger partial charge is 0.240 e. The number of aromatic nitrogens is 1. The molecule has 1 saturated heterocycles. The molecule has 1 aromatic rings. The van der Waals surface area contributed by atoms with E-state index in [-0.39, 0.29) is 12.0 Å². The zero-order chi connectivity index (χ0) is 9.97. The maximum absolute atomic E-state index is 12.7. The Labute approximate surface area is 80.8 Å². The molecule has 2 rings (SSSR count). The first-order valence-corrected chi connectivity index (χ1v) is 4.42. The average molecular weight is 198 g/mol. The molecule has 1 aliphatic rings. The molecule has 2 heterocycles. The van der Waals surface area contributed by atoms with Crippen LogP contribution in [-0.4, -0.2) is 24.3 Å². The first-order valence-electron chi connectivity index (χ1n) is 4.42. The van der Waals surface area contributed by atoms with Crippen LogP contribution in [0.1, 0.15) is 6.42 Å². The summed E-state index contributed by atoms with van der Waals surface area (Å²) in [6.45, 7) is 1.18. The summed E-state index contributed by atoms with van der Waals surface area (Å²) in [6.07, 6.45) is 0.726. The Kier molecular flexibility index (Phi) is 2.49. The lowest BCUT2D eigenvalue weighted by Gasteiger charge is -2.11. The van der Waals surface area contributed by atoms with E-state index in [1.807, 2.05) is 0 Å². The molecule has 0 amide bonds. The molecule has 0 radical (unpaired) electrons. The summed E-state index contributed by atoms with van der Waals surface area (Å²) in [5, 5.41) is 0. The maximum Gasteiger partial charge on any atom is 0.240 e. The Morgan fingerprint density at radius 1 is 1.57 bits per heavy atom. The fourth-order valence-electron chi connectivity index (χ4n) is 1.29. The van der Waals surface area contributed by atoms with E-state index >= 15 is 0 Å². The van der Waals surface area contributed by atoms with Crippen molar-refractivity contribution < 1.29 is 13.9 Å². The van der Waals surface area contributed by atoms with E-state index in [2.05, 4.69) is 4.98 Å². The molecule has 4 nitrogen and oxygen atoms in total. The molecule has 1 aromatic heterocycles. The second kappa shape index (κ2) is 3.79. The van der Waals surface area contributed by atoms with Crippen LogP contribution >= 0.6 is 0 Å². The number of hydrogen-bond acceptors (Lipinski definition) is 4. The Balaban J connectivity index is 2.10. The van der Waals surface area contributed by atoms with Gasteiger partial charge in [-0.05, 0) is 12.1 Å². The number of nitrogen functional groups attached to an aromatic ring is 1. The van der Waals surface area contributed by atoms with Crippen molar-refractivity contribution in [3.63, 3.8) is 0 Å². The minimum Gasteiger partial charge on any atom is -0.470 e. The van der Waals surface area contributed by atoms with Crippen molar-refractivity contribution in [1.29, 1.82) is 0 Å². The Morgan fingerprint density at radius 3 is 3.14 bits per heavy atom. The van der Waals surface area contributed by atoms with Gasteiger partial charge >= 0.3 is 0 Å². The lowest BCUT2D eigenvalue weighted by atomic mass is 10.3. The molecule has 0 saturated carbocycles. The summed E-state index contributed by atoms with van der Waals surface area (Å²) >= 11 is 0. The summed E-state index contributed by atoms with van der Waals surface area (Å²) < 4.78 is 23.2. The molecule has 2 N–H and O–H groups in total. The van der Waals surface area contributed by atoms with E-state index < -0.39 is 5.95 Å². The van der Waals surface area contributed by atoms with Gasteiger partial charge in [-0.2, -0.15) is 9.37 Å². The minimum atomic E-state index is -0.590. The summed E-state index contributed by atoms with van der Waals surface area (Å²) in [5.74, 6) is -0.436. The molecule has 5 heteroatoms. The lowest BCUT2D eigenvalue weighted by molar-refractivity contribution is 0.138. The molecule has 0 aliphatic carbocycles. The van der Waals surface area contributed by atoms with E-state index in [9.17, 15) is 4.39 Å². The van der Waals surface area contributed by atoms with Crippen molar-refractivity contribution in [2.75, 3.05) is 18.9 Å². The lowest BCUT2D eigenvalue weighted by Crippen LogP contribution is -2.17. The normalized spacial score (nSPS) is 21.1. The fraction of sp³-hybridized carbons (Fsp3) is 0.444. The predicted molar refractivity (Wildman–Crippen MR) is 48.5 cm³/mol. The van der Waals surface area contributed by atoms with Crippen molar-refractivity contribution in [3.8, 4) is 5.88 Å². The van der Waals surface area contributed by atoms with Crippen LogP contribution in [-0.2, 0) is 4.74 Å². The van der Waals surface area contributed by atoms with Crippen molar-refractivity contribution in [3.05, 3.63) is 18.1 Å². The molecular formula is C9H11FN2O2. The van der Waals surface area contributed by atoms with Crippen molar-refractivity contribution in [2.45, 2.75) is 12.5 Å². The first kappa shape index (κ1) is 9.21. The van der Waals surface area contributed by atoms with Gasteiger partial charge in [-0.15, -0.1) is 0 Å². The third-order valence-corrected chi connectivity index (χ3v) is 2.02. The zero-order valence-electron chi connectivity index (χ0n) is 7.57. The van der Waals surface area contributed by atoms with Gasteiger partial charge in [0.25, 0.3) is 0 Å². The zero-order valence-corrected chi connectivity index (χ0v) is 7.57. The SMILES string of the molecule is Nc1ccc(F)nc1O[C@H]1CCOC1. The predicted octanol–water partition coefficient (Wildman–Crippen LogP) is 0.971. The van der Waals surface area contributed by atoms with Crippen LogP contribution < -0.4 is 10.5 Å². The molecule has 1 atom stereocenters. The maximum atomic E-state index is 12.7. The number of halogens is 1. The highest BCUT2D eigenvalue weighted by Gasteiger charge is 2.19. The molecular weight excluding hydrogens is 187 g/mol. The molecule has 14 heavy (non-hydrogen) atoms. The van der Waals surface area contributed by atoms with Crippen LogP contribution in [0, 0.1) is 5.95 Å². The highest BCUT2D eigenvalue weighted by Crippen LogP contribution is 2.21. The summed E-state index contributed by atoms with van der Waals surface area (Å²) in [6, 6.07) is 2.64.